The molecular weight excluding hydrogens is 360 g/mol. The molecule has 0 saturated heterocycles. The van der Waals surface area contributed by atoms with Crippen molar-refractivity contribution in [2.24, 2.45) is 0 Å². The van der Waals surface area contributed by atoms with Gasteiger partial charge in [0.2, 0.25) is 0 Å². The first-order valence-electron chi connectivity index (χ1n) is 7.70. The average molecular weight is 372 g/mol. The molecule has 26 heavy (non-hydrogen) atoms. The van der Waals surface area contributed by atoms with Crippen LogP contribution in [0.15, 0.2) is 72.8 Å². The molecule has 0 amide bonds. The SMILES string of the molecule is O=C(c1ccccc1)c1cc(O[Si])c(C(=O)c2ccccc2)cc1O[Si]. The first-order chi connectivity index (χ1) is 12.7. The van der Waals surface area contributed by atoms with E-state index in [1.807, 2.05) is 12.1 Å². The topological polar surface area (TPSA) is 52.6 Å². The Hall–Kier alpha value is -2.97. The van der Waals surface area contributed by atoms with E-state index in [1.165, 1.54) is 12.1 Å². The lowest BCUT2D eigenvalue weighted by Crippen LogP contribution is -2.10. The van der Waals surface area contributed by atoms with Gasteiger partial charge in [0.05, 0.1) is 11.1 Å². The van der Waals surface area contributed by atoms with Crippen LogP contribution in [0.25, 0.3) is 0 Å². The van der Waals surface area contributed by atoms with Crippen molar-refractivity contribution in [1.29, 1.82) is 0 Å². The zero-order valence-electron chi connectivity index (χ0n) is 13.6. The highest BCUT2D eigenvalue weighted by atomic mass is 28.2. The third kappa shape index (κ3) is 3.51. The lowest BCUT2D eigenvalue weighted by Gasteiger charge is -2.14. The minimum atomic E-state index is -0.248. The highest BCUT2D eigenvalue weighted by molar-refractivity contribution is 6.16. The van der Waals surface area contributed by atoms with Crippen molar-refractivity contribution in [2.45, 2.75) is 0 Å². The van der Waals surface area contributed by atoms with Gasteiger partial charge in [-0.3, -0.25) is 9.59 Å². The summed E-state index contributed by atoms with van der Waals surface area (Å²) in [5, 5.41) is 0. The van der Waals surface area contributed by atoms with Crippen LogP contribution in [0.1, 0.15) is 31.8 Å². The molecule has 3 rings (SSSR count). The van der Waals surface area contributed by atoms with Crippen LogP contribution in [0, 0.1) is 0 Å². The molecule has 3 aromatic rings. The van der Waals surface area contributed by atoms with Gasteiger partial charge in [-0.2, -0.15) is 0 Å². The summed E-state index contributed by atoms with van der Waals surface area (Å²) >= 11 is 0. The minimum Gasteiger partial charge on any atom is -0.540 e. The summed E-state index contributed by atoms with van der Waals surface area (Å²) in [6.07, 6.45) is 0. The second-order valence-electron chi connectivity index (χ2n) is 5.44. The summed E-state index contributed by atoms with van der Waals surface area (Å²) < 4.78 is 10.4. The predicted octanol–water partition coefficient (Wildman–Crippen LogP) is 3.07. The zero-order chi connectivity index (χ0) is 18.5. The Balaban J connectivity index is 2.09. The molecule has 0 aliphatic carbocycles. The van der Waals surface area contributed by atoms with E-state index in [-0.39, 0.29) is 34.2 Å². The minimum absolute atomic E-state index is 0.224. The molecule has 6 radical (unpaired) electrons. The first kappa shape index (κ1) is 17.8. The summed E-state index contributed by atoms with van der Waals surface area (Å²) in [6.45, 7) is 0. The molecule has 0 atom stereocenters. The Bertz CT molecular complexity index is 862. The van der Waals surface area contributed by atoms with E-state index in [9.17, 15) is 9.59 Å². The molecule has 0 unspecified atom stereocenters. The summed E-state index contributed by atoms with van der Waals surface area (Å²) in [5.74, 6) is -0.0467. The fourth-order valence-electron chi connectivity index (χ4n) is 2.57. The smallest absolute Gasteiger partial charge is 0.341 e. The molecule has 3 aromatic carbocycles. The number of rotatable bonds is 6. The largest absolute Gasteiger partial charge is 0.540 e. The van der Waals surface area contributed by atoms with E-state index < -0.39 is 0 Å². The van der Waals surface area contributed by atoms with Crippen LogP contribution in [0.5, 0.6) is 11.5 Å². The van der Waals surface area contributed by atoms with Gasteiger partial charge >= 0.3 is 21.0 Å². The maximum atomic E-state index is 12.8. The fourth-order valence-corrected chi connectivity index (χ4v) is 2.91. The van der Waals surface area contributed by atoms with Crippen molar-refractivity contribution in [3.8, 4) is 11.5 Å². The lowest BCUT2D eigenvalue weighted by atomic mass is 9.96. The third-order valence-electron chi connectivity index (χ3n) is 3.86. The highest BCUT2D eigenvalue weighted by Gasteiger charge is 2.22. The Morgan fingerprint density at radius 3 is 1.27 bits per heavy atom. The molecule has 124 valence electrons. The quantitative estimate of drug-likeness (QED) is 0.493. The van der Waals surface area contributed by atoms with E-state index in [4.69, 9.17) is 8.85 Å². The van der Waals surface area contributed by atoms with Gasteiger partial charge in [0.1, 0.15) is 11.5 Å². The number of carbonyl (C=O) groups excluding carboxylic acids is 2. The number of benzene rings is 3. The van der Waals surface area contributed by atoms with Gasteiger partial charge in [-0.1, -0.05) is 60.7 Å². The van der Waals surface area contributed by atoms with Gasteiger partial charge in [-0.05, 0) is 12.1 Å². The van der Waals surface area contributed by atoms with Crippen LogP contribution < -0.4 is 8.85 Å². The van der Waals surface area contributed by atoms with Gasteiger partial charge in [0, 0.05) is 11.1 Å². The molecule has 0 aliphatic heterocycles. The molecular formula is C20H12O4Si2. The summed E-state index contributed by atoms with van der Waals surface area (Å²) in [5.41, 5.74) is 1.53. The van der Waals surface area contributed by atoms with Crippen molar-refractivity contribution in [1.82, 2.24) is 0 Å². The molecule has 0 bridgehead atoms. The van der Waals surface area contributed by atoms with Crippen molar-refractivity contribution in [2.75, 3.05) is 0 Å². The number of carbonyl (C=O) groups is 2. The molecule has 6 heteroatoms. The summed E-state index contributed by atoms with van der Waals surface area (Å²) in [7, 11) is 5.95. The average Bonchev–Trinajstić information content (AvgIpc) is 2.73. The Morgan fingerprint density at radius 2 is 0.962 bits per heavy atom. The van der Waals surface area contributed by atoms with Crippen LogP contribution in [0.2, 0.25) is 0 Å². The normalized spacial score (nSPS) is 10.2. The Labute approximate surface area is 157 Å². The second-order valence-corrected chi connectivity index (χ2v) is 5.85. The Kier molecular flexibility index (Phi) is 5.45. The summed E-state index contributed by atoms with van der Waals surface area (Å²) in [4.78, 5) is 25.6. The van der Waals surface area contributed by atoms with E-state index in [1.54, 1.807) is 48.5 Å². The van der Waals surface area contributed by atoms with Crippen molar-refractivity contribution in [3.63, 3.8) is 0 Å². The molecule has 0 aliphatic rings. The molecule has 0 heterocycles. The monoisotopic (exact) mass is 372 g/mol. The van der Waals surface area contributed by atoms with Gasteiger partial charge in [0.15, 0.2) is 11.6 Å². The number of hydrogen-bond acceptors (Lipinski definition) is 4. The predicted molar refractivity (Wildman–Crippen MR) is 99.0 cm³/mol. The fraction of sp³-hybridized carbons (Fsp3) is 0. The standard InChI is InChI=1S/C20H12O4Si2/c21-19(13-7-3-1-4-8-13)15-11-18(24-26)16(12-17(15)23-25)20(22)14-9-5-2-6-10-14/h1-12H. The van der Waals surface area contributed by atoms with Crippen molar-refractivity contribution < 1.29 is 18.4 Å². The van der Waals surface area contributed by atoms with E-state index in [2.05, 4.69) is 21.0 Å². The molecule has 0 saturated carbocycles. The first-order valence-corrected chi connectivity index (χ1v) is 8.52. The van der Waals surface area contributed by atoms with E-state index >= 15 is 0 Å². The van der Waals surface area contributed by atoms with Crippen molar-refractivity contribution >= 4 is 32.5 Å². The van der Waals surface area contributed by atoms with Crippen LogP contribution in [0.4, 0.5) is 0 Å². The van der Waals surface area contributed by atoms with Gasteiger partial charge < -0.3 is 8.85 Å². The Morgan fingerprint density at radius 1 is 0.615 bits per heavy atom. The molecule has 0 aromatic heterocycles. The van der Waals surface area contributed by atoms with Crippen molar-refractivity contribution in [3.05, 3.63) is 95.1 Å². The molecule has 4 nitrogen and oxygen atoms in total. The van der Waals surface area contributed by atoms with Gasteiger partial charge in [-0.25, -0.2) is 0 Å². The number of hydrogen-bond donors (Lipinski definition) is 0. The van der Waals surface area contributed by atoms with Crippen LogP contribution in [-0.4, -0.2) is 32.5 Å². The van der Waals surface area contributed by atoms with Gasteiger partial charge in [0.25, 0.3) is 0 Å². The maximum absolute atomic E-state index is 12.8. The third-order valence-corrected chi connectivity index (χ3v) is 4.30. The number of ketones is 2. The molecule has 0 spiro atoms. The second kappa shape index (κ2) is 7.94. The lowest BCUT2D eigenvalue weighted by molar-refractivity contribution is 0.102. The van der Waals surface area contributed by atoms with Gasteiger partial charge in [-0.15, -0.1) is 0 Å². The zero-order valence-corrected chi connectivity index (χ0v) is 15.6. The van der Waals surface area contributed by atoms with Crippen LogP contribution in [0.3, 0.4) is 0 Å². The van der Waals surface area contributed by atoms with E-state index in [0.29, 0.717) is 11.1 Å². The molecule has 0 N–H and O–H groups in total. The van der Waals surface area contributed by atoms with E-state index in [0.717, 1.165) is 0 Å². The summed E-state index contributed by atoms with van der Waals surface area (Å²) in [6, 6.07) is 20.5. The maximum Gasteiger partial charge on any atom is 0.341 e. The highest BCUT2D eigenvalue weighted by Crippen LogP contribution is 2.32. The van der Waals surface area contributed by atoms with Crippen LogP contribution in [-0.2, 0) is 0 Å². The van der Waals surface area contributed by atoms with Crippen LogP contribution >= 0.6 is 0 Å². The molecule has 0 fully saturated rings.